The van der Waals surface area contributed by atoms with E-state index in [1.807, 2.05) is 6.21 Å². The number of benzene rings is 2. The molecular formula is C20H26N4. The summed E-state index contributed by atoms with van der Waals surface area (Å²) in [5, 5.41) is 6.80. The summed E-state index contributed by atoms with van der Waals surface area (Å²) in [5.74, 6) is 0. The van der Waals surface area contributed by atoms with E-state index in [9.17, 15) is 0 Å². The molecule has 24 heavy (non-hydrogen) atoms. The fourth-order valence-corrected chi connectivity index (χ4v) is 2.83. The molecule has 4 nitrogen and oxygen atoms in total. The minimum Gasteiger partial charge on any atom is -0.378 e. The Labute approximate surface area is 145 Å². The van der Waals surface area contributed by atoms with E-state index in [1.165, 1.54) is 16.9 Å². The number of nitrogens with zero attached hydrogens (tertiary/aromatic N) is 4. The fraction of sp³-hybridized carbons (Fsp3) is 0.350. The maximum Gasteiger partial charge on any atom is 0.0542 e. The second kappa shape index (κ2) is 7.39. The molecule has 1 aliphatic rings. The molecule has 3 rings (SSSR count). The minimum absolute atomic E-state index is 0.958. The van der Waals surface area contributed by atoms with Gasteiger partial charge in [0.1, 0.15) is 0 Å². The van der Waals surface area contributed by atoms with E-state index in [4.69, 9.17) is 0 Å². The van der Waals surface area contributed by atoms with Crippen molar-refractivity contribution in [2.24, 2.45) is 5.10 Å². The highest BCUT2D eigenvalue weighted by atomic mass is 15.5. The van der Waals surface area contributed by atoms with Gasteiger partial charge in [-0.1, -0.05) is 29.8 Å². The first-order chi connectivity index (χ1) is 11.6. The van der Waals surface area contributed by atoms with E-state index < -0.39 is 0 Å². The van der Waals surface area contributed by atoms with Crippen molar-refractivity contribution in [3.63, 3.8) is 0 Å². The Morgan fingerprint density at radius 2 is 1.50 bits per heavy atom. The highest BCUT2D eigenvalue weighted by Gasteiger charge is 2.15. The third-order valence-electron chi connectivity index (χ3n) is 4.43. The first kappa shape index (κ1) is 16.4. The molecule has 0 aliphatic carbocycles. The molecule has 1 aliphatic heterocycles. The van der Waals surface area contributed by atoms with Gasteiger partial charge < -0.3 is 9.80 Å². The molecule has 0 unspecified atom stereocenters. The van der Waals surface area contributed by atoms with Crippen LogP contribution >= 0.6 is 0 Å². The maximum absolute atomic E-state index is 4.64. The molecule has 0 atom stereocenters. The lowest BCUT2D eigenvalue weighted by Gasteiger charge is -2.34. The van der Waals surface area contributed by atoms with Crippen molar-refractivity contribution in [2.75, 3.05) is 50.1 Å². The molecule has 0 radical (unpaired) electrons. The van der Waals surface area contributed by atoms with E-state index in [-0.39, 0.29) is 0 Å². The largest absolute Gasteiger partial charge is 0.378 e. The highest BCUT2D eigenvalue weighted by molar-refractivity contribution is 5.80. The van der Waals surface area contributed by atoms with Gasteiger partial charge in [0.05, 0.1) is 19.3 Å². The number of anilines is 2. The summed E-state index contributed by atoms with van der Waals surface area (Å²) in [7, 11) is 4.10. The zero-order valence-corrected chi connectivity index (χ0v) is 14.8. The van der Waals surface area contributed by atoms with Crippen molar-refractivity contribution < 1.29 is 0 Å². The van der Waals surface area contributed by atoms with Gasteiger partial charge in [0, 0.05) is 38.6 Å². The summed E-state index contributed by atoms with van der Waals surface area (Å²) < 4.78 is 0. The number of hydrazone groups is 1. The van der Waals surface area contributed by atoms with E-state index in [0.29, 0.717) is 0 Å². The third-order valence-corrected chi connectivity index (χ3v) is 4.43. The predicted molar refractivity (Wildman–Crippen MR) is 103 cm³/mol. The number of rotatable bonds is 4. The van der Waals surface area contributed by atoms with Crippen LogP contribution in [0.4, 0.5) is 11.4 Å². The number of hydrogen-bond donors (Lipinski definition) is 0. The molecule has 1 heterocycles. The van der Waals surface area contributed by atoms with Crippen LogP contribution in [-0.2, 0) is 0 Å². The van der Waals surface area contributed by atoms with Crippen molar-refractivity contribution in [3.05, 3.63) is 59.7 Å². The van der Waals surface area contributed by atoms with Crippen molar-refractivity contribution >= 4 is 17.6 Å². The monoisotopic (exact) mass is 322 g/mol. The summed E-state index contributed by atoms with van der Waals surface area (Å²) in [6.45, 7) is 6.07. The first-order valence-electron chi connectivity index (χ1n) is 8.50. The molecule has 2 aromatic carbocycles. The summed E-state index contributed by atoms with van der Waals surface area (Å²) in [6, 6.07) is 17.2. The zero-order valence-electron chi connectivity index (χ0n) is 14.8. The fourth-order valence-electron chi connectivity index (χ4n) is 2.83. The average Bonchev–Trinajstić information content (AvgIpc) is 2.61. The molecule has 2 aromatic rings. The van der Waals surface area contributed by atoms with Gasteiger partial charge in [0.2, 0.25) is 0 Å². The van der Waals surface area contributed by atoms with Gasteiger partial charge in [0.15, 0.2) is 0 Å². The van der Waals surface area contributed by atoms with Gasteiger partial charge in [-0.05, 0) is 36.8 Å². The standard InChI is InChI=1S/C20H26N4/c1-17-4-8-20(9-5-17)23-12-14-24(15-13-23)21-16-18-6-10-19(11-7-18)22(2)3/h4-11,16H,12-15H2,1-3H3/b21-16+. The third kappa shape index (κ3) is 4.07. The second-order valence-electron chi connectivity index (χ2n) is 6.51. The van der Waals surface area contributed by atoms with E-state index in [1.54, 1.807) is 0 Å². The lowest BCUT2D eigenvalue weighted by Crippen LogP contribution is -2.44. The Morgan fingerprint density at radius 1 is 0.875 bits per heavy atom. The van der Waals surface area contributed by atoms with Crippen LogP contribution in [0.15, 0.2) is 53.6 Å². The summed E-state index contributed by atoms with van der Waals surface area (Å²) >= 11 is 0. The van der Waals surface area contributed by atoms with Crippen LogP contribution in [0.3, 0.4) is 0 Å². The van der Waals surface area contributed by atoms with Crippen LogP contribution in [0.5, 0.6) is 0 Å². The SMILES string of the molecule is Cc1ccc(N2CCN(/N=C/c3ccc(N(C)C)cc3)CC2)cc1. The topological polar surface area (TPSA) is 22.1 Å². The molecule has 0 N–H and O–H groups in total. The lowest BCUT2D eigenvalue weighted by atomic mass is 10.2. The molecule has 4 heteroatoms. The van der Waals surface area contributed by atoms with Gasteiger partial charge in [-0.2, -0.15) is 5.10 Å². The van der Waals surface area contributed by atoms with E-state index >= 15 is 0 Å². The molecule has 126 valence electrons. The molecule has 0 aromatic heterocycles. The molecular weight excluding hydrogens is 296 g/mol. The molecule has 0 amide bonds. The minimum atomic E-state index is 0.958. The Balaban J connectivity index is 1.54. The maximum atomic E-state index is 4.64. The number of aryl methyl sites for hydroxylation is 1. The highest BCUT2D eigenvalue weighted by Crippen LogP contribution is 2.17. The van der Waals surface area contributed by atoms with Gasteiger partial charge >= 0.3 is 0 Å². The zero-order chi connectivity index (χ0) is 16.9. The predicted octanol–water partition coefficient (Wildman–Crippen LogP) is 3.22. The smallest absolute Gasteiger partial charge is 0.0542 e. The quantitative estimate of drug-likeness (QED) is 0.807. The average molecular weight is 322 g/mol. The van der Waals surface area contributed by atoms with Crippen molar-refractivity contribution in [2.45, 2.75) is 6.92 Å². The lowest BCUT2D eigenvalue weighted by molar-refractivity contribution is 0.272. The Kier molecular flexibility index (Phi) is 5.04. The van der Waals surface area contributed by atoms with Gasteiger partial charge in [-0.25, -0.2) is 0 Å². The van der Waals surface area contributed by atoms with Crippen molar-refractivity contribution in [1.82, 2.24) is 5.01 Å². The van der Waals surface area contributed by atoms with Gasteiger partial charge in [0.25, 0.3) is 0 Å². The van der Waals surface area contributed by atoms with Gasteiger partial charge in [-0.3, -0.25) is 5.01 Å². The first-order valence-corrected chi connectivity index (χ1v) is 8.50. The normalized spacial score (nSPS) is 15.1. The Hall–Kier alpha value is -2.49. The van der Waals surface area contributed by atoms with Crippen LogP contribution in [0, 0.1) is 6.92 Å². The molecule has 0 bridgehead atoms. The van der Waals surface area contributed by atoms with Crippen LogP contribution in [0.25, 0.3) is 0 Å². The van der Waals surface area contributed by atoms with Crippen molar-refractivity contribution in [1.29, 1.82) is 0 Å². The number of piperazine rings is 1. The summed E-state index contributed by atoms with van der Waals surface area (Å²) in [6.07, 6.45) is 1.96. The van der Waals surface area contributed by atoms with Crippen LogP contribution in [-0.4, -0.2) is 51.5 Å². The Morgan fingerprint density at radius 3 is 2.08 bits per heavy atom. The van der Waals surface area contributed by atoms with E-state index in [0.717, 1.165) is 31.7 Å². The van der Waals surface area contributed by atoms with Crippen LogP contribution < -0.4 is 9.80 Å². The molecule has 0 saturated carbocycles. The molecule has 0 spiro atoms. The second-order valence-corrected chi connectivity index (χ2v) is 6.51. The van der Waals surface area contributed by atoms with Gasteiger partial charge in [-0.15, -0.1) is 0 Å². The van der Waals surface area contributed by atoms with E-state index in [2.05, 4.69) is 89.5 Å². The molecule has 1 saturated heterocycles. The van der Waals surface area contributed by atoms with Crippen LogP contribution in [0.1, 0.15) is 11.1 Å². The molecule has 1 fully saturated rings. The van der Waals surface area contributed by atoms with Crippen molar-refractivity contribution in [3.8, 4) is 0 Å². The van der Waals surface area contributed by atoms with Crippen LogP contribution in [0.2, 0.25) is 0 Å². The number of hydrogen-bond acceptors (Lipinski definition) is 4. The summed E-state index contributed by atoms with van der Waals surface area (Å²) in [4.78, 5) is 4.53. The Bertz CT molecular complexity index is 666. The summed E-state index contributed by atoms with van der Waals surface area (Å²) in [5.41, 5.74) is 4.96.